The van der Waals surface area contributed by atoms with Crippen LogP contribution < -0.4 is 10.6 Å². The van der Waals surface area contributed by atoms with Crippen molar-refractivity contribution in [3.05, 3.63) is 38.5 Å². The zero-order valence-corrected chi connectivity index (χ0v) is 12.8. The first kappa shape index (κ1) is 15.1. The third kappa shape index (κ3) is 3.63. The molecular formula is C12H11BrF3N3S. The number of aromatic nitrogens is 1. The highest BCUT2D eigenvalue weighted by molar-refractivity contribution is 9.11. The first-order valence-corrected chi connectivity index (χ1v) is 7.22. The number of nitrogen functional groups attached to an aromatic ring is 1. The molecule has 0 aromatic carbocycles. The standard InChI is InChI=1S/C12H11BrF3N3S/c1-19(5-7-2-9(13)20-6-7)11-4-8(12(14,15)16)3-10(17)18-11/h2-4,6H,5H2,1H3,(H2,17,18). The van der Waals surface area contributed by atoms with Crippen LogP contribution in [0.1, 0.15) is 11.1 Å². The van der Waals surface area contributed by atoms with Crippen LogP contribution >= 0.6 is 27.3 Å². The summed E-state index contributed by atoms with van der Waals surface area (Å²) in [5, 5.41) is 1.93. The molecule has 0 aliphatic heterocycles. The Hall–Kier alpha value is -1.28. The quantitative estimate of drug-likeness (QED) is 0.888. The minimum atomic E-state index is -4.43. The van der Waals surface area contributed by atoms with E-state index in [2.05, 4.69) is 20.9 Å². The van der Waals surface area contributed by atoms with Crippen LogP contribution in [0, 0.1) is 0 Å². The number of halogens is 4. The second-order valence-electron chi connectivity index (χ2n) is 4.25. The van der Waals surface area contributed by atoms with Crippen LogP contribution in [0.2, 0.25) is 0 Å². The van der Waals surface area contributed by atoms with Gasteiger partial charge < -0.3 is 10.6 Å². The smallest absolute Gasteiger partial charge is 0.384 e. The Morgan fingerprint density at radius 2 is 2.05 bits per heavy atom. The predicted octanol–water partition coefficient (Wildman–Crippen LogP) is 4.14. The molecule has 108 valence electrons. The predicted molar refractivity (Wildman–Crippen MR) is 77.8 cm³/mol. The summed E-state index contributed by atoms with van der Waals surface area (Å²) in [6, 6.07) is 3.74. The summed E-state index contributed by atoms with van der Waals surface area (Å²) >= 11 is 4.86. The van der Waals surface area contributed by atoms with Crippen molar-refractivity contribution in [1.82, 2.24) is 4.98 Å². The Bertz CT molecular complexity index is 612. The first-order chi connectivity index (χ1) is 9.25. The highest BCUT2D eigenvalue weighted by Gasteiger charge is 2.31. The second kappa shape index (κ2) is 5.61. The van der Waals surface area contributed by atoms with Crippen molar-refractivity contribution in [3.8, 4) is 0 Å². The van der Waals surface area contributed by atoms with Gasteiger partial charge in [0, 0.05) is 13.6 Å². The summed E-state index contributed by atoms with van der Waals surface area (Å²) in [5.41, 5.74) is 5.64. The van der Waals surface area contributed by atoms with Crippen LogP contribution in [-0.2, 0) is 12.7 Å². The maximum Gasteiger partial charge on any atom is 0.416 e. The molecule has 0 atom stereocenters. The van der Waals surface area contributed by atoms with E-state index < -0.39 is 11.7 Å². The number of alkyl halides is 3. The molecule has 0 aliphatic carbocycles. The Kier molecular flexibility index (Phi) is 4.24. The van der Waals surface area contributed by atoms with E-state index in [4.69, 9.17) is 5.73 Å². The van der Waals surface area contributed by atoms with Crippen LogP contribution in [-0.4, -0.2) is 12.0 Å². The van der Waals surface area contributed by atoms with Crippen molar-refractivity contribution in [2.75, 3.05) is 17.7 Å². The number of nitrogens with two attached hydrogens (primary N) is 1. The molecule has 0 aliphatic rings. The minimum absolute atomic E-state index is 0.145. The van der Waals surface area contributed by atoms with Crippen molar-refractivity contribution in [2.24, 2.45) is 0 Å². The number of anilines is 2. The summed E-state index contributed by atoms with van der Waals surface area (Å²) in [4.78, 5) is 5.57. The summed E-state index contributed by atoms with van der Waals surface area (Å²) in [5.74, 6) is 0.0489. The molecule has 2 aromatic heterocycles. The highest BCUT2D eigenvalue weighted by atomic mass is 79.9. The first-order valence-electron chi connectivity index (χ1n) is 5.54. The molecule has 0 unspecified atom stereocenters. The molecule has 0 fully saturated rings. The van der Waals surface area contributed by atoms with Crippen LogP contribution in [0.3, 0.4) is 0 Å². The monoisotopic (exact) mass is 365 g/mol. The van der Waals surface area contributed by atoms with Crippen LogP contribution in [0.15, 0.2) is 27.4 Å². The SMILES string of the molecule is CN(Cc1csc(Br)c1)c1cc(C(F)(F)F)cc(N)n1. The average molecular weight is 366 g/mol. The number of hydrogen-bond acceptors (Lipinski definition) is 4. The van der Waals surface area contributed by atoms with Gasteiger partial charge in [-0.1, -0.05) is 0 Å². The highest BCUT2D eigenvalue weighted by Crippen LogP contribution is 2.32. The molecule has 2 N–H and O–H groups in total. The largest absolute Gasteiger partial charge is 0.416 e. The van der Waals surface area contributed by atoms with E-state index in [1.54, 1.807) is 11.9 Å². The molecule has 0 bridgehead atoms. The Morgan fingerprint density at radius 3 is 2.60 bits per heavy atom. The van der Waals surface area contributed by atoms with E-state index in [1.165, 1.54) is 11.3 Å². The van der Waals surface area contributed by atoms with Crippen molar-refractivity contribution in [1.29, 1.82) is 0 Å². The van der Waals surface area contributed by atoms with Gasteiger partial charge >= 0.3 is 6.18 Å². The molecule has 0 spiro atoms. The zero-order valence-electron chi connectivity index (χ0n) is 10.4. The van der Waals surface area contributed by atoms with Gasteiger partial charge in [0.1, 0.15) is 11.6 Å². The third-order valence-corrected chi connectivity index (χ3v) is 4.14. The summed E-state index contributed by atoms with van der Waals surface area (Å²) in [7, 11) is 1.67. The molecule has 0 radical (unpaired) electrons. The van der Waals surface area contributed by atoms with Crippen LogP contribution in [0.4, 0.5) is 24.8 Å². The van der Waals surface area contributed by atoms with Crippen molar-refractivity contribution in [2.45, 2.75) is 12.7 Å². The van der Waals surface area contributed by atoms with Gasteiger partial charge in [-0.2, -0.15) is 13.2 Å². The minimum Gasteiger partial charge on any atom is -0.384 e. The summed E-state index contributed by atoms with van der Waals surface area (Å²) in [6.45, 7) is 0.454. The summed E-state index contributed by atoms with van der Waals surface area (Å²) in [6.07, 6.45) is -4.43. The van der Waals surface area contributed by atoms with Gasteiger partial charge in [0.2, 0.25) is 0 Å². The van der Waals surface area contributed by atoms with Gasteiger partial charge in [-0.05, 0) is 45.1 Å². The normalized spacial score (nSPS) is 11.7. The van der Waals surface area contributed by atoms with E-state index in [0.717, 1.165) is 21.5 Å². The molecule has 0 amide bonds. The molecule has 2 heterocycles. The van der Waals surface area contributed by atoms with Gasteiger partial charge in [-0.25, -0.2) is 4.98 Å². The van der Waals surface area contributed by atoms with E-state index in [0.29, 0.717) is 6.54 Å². The topological polar surface area (TPSA) is 42.1 Å². The lowest BCUT2D eigenvalue weighted by molar-refractivity contribution is -0.137. The molecule has 3 nitrogen and oxygen atoms in total. The fourth-order valence-electron chi connectivity index (χ4n) is 1.68. The van der Waals surface area contributed by atoms with Gasteiger partial charge in [-0.3, -0.25) is 0 Å². The van der Waals surface area contributed by atoms with Crippen molar-refractivity contribution >= 4 is 38.9 Å². The van der Waals surface area contributed by atoms with Gasteiger partial charge in [0.25, 0.3) is 0 Å². The zero-order chi connectivity index (χ0) is 14.9. The molecule has 2 rings (SSSR count). The fourth-order valence-corrected chi connectivity index (χ4v) is 2.88. The number of pyridine rings is 1. The molecule has 8 heteroatoms. The van der Waals surface area contributed by atoms with E-state index in [-0.39, 0.29) is 11.6 Å². The molecule has 0 saturated heterocycles. The number of nitrogens with zero attached hydrogens (tertiary/aromatic N) is 2. The van der Waals surface area contributed by atoms with Crippen LogP contribution in [0.25, 0.3) is 0 Å². The lowest BCUT2D eigenvalue weighted by Gasteiger charge is -2.19. The Morgan fingerprint density at radius 1 is 1.35 bits per heavy atom. The molecular weight excluding hydrogens is 355 g/mol. The molecule has 20 heavy (non-hydrogen) atoms. The maximum atomic E-state index is 12.7. The van der Waals surface area contributed by atoms with Gasteiger partial charge in [0.15, 0.2) is 0 Å². The second-order valence-corrected chi connectivity index (χ2v) is 6.54. The maximum absolute atomic E-state index is 12.7. The lowest BCUT2D eigenvalue weighted by Crippen LogP contribution is -2.19. The van der Waals surface area contributed by atoms with E-state index in [9.17, 15) is 13.2 Å². The average Bonchev–Trinajstić information content (AvgIpc) is 2.72. The number of hydrogen-bond donors (Lipinski definition) is 1. The molecule has 2 aromatic rings. The van der Waals surface area contributed by atoms with Crippen LogP contribution in [0.5, 0.6) is 0 Å². The summed E-state index contributed by atoms with van der Waals surface area (Å²) < 4.78 is 39.2. The van der Waals surface area contributed by atoms with Gasteiger partial charge in [-0.15, -0.1) is 11.3 Å². The van der Waals surface area contributed by atoms with E-state index in [1.807, 2.05) is 11.4 Å². The Labute approximate surface area is 126 Å². The number of thiophene rings is 1. The third-order valence-electron chi connectivity index (χ3n) is 2.59. The number of rotatable bonds is 3. The fraction of sp³-hybridized carbons (Fsp3) is 0.250. The van der Waals surface area contributed by atoms with Crippen molar-refractivity contribution in [3.63, 3.8) is 0 Å². The Balaban J connectivity index is 2.25. The molecule has 0 saturated carbocycles. The van der Waals surface area contributed by atoms with E-state index >= 15 is 0 Å². The lowest BCUT2D eigenvalue weighted by atomic mass is 10.2. The van der Waals surface area contributed by atoms with Crippen molar-refractivity contribution < 1.29 is 13.2 Å². The van der Waals surface area contributed by atoms with Gasteiger partial charge in [0.05, 0.1) is 9.35 Å².